The number of nitrogens with zero attached hydrogens (tertiary/aromatic N) is 1. The van der Waals surface area contributed by atoms with Crippen LogP contribution in [0.5, 0.6) is 5.75 Å². The second-order valence-electron chi connectivity index (χ2n) is 8.45. The molecule has 2 aromatic rings. The molecule has 1 saturated heterocycles. The number of methoxy groups -OCH3 is 1. The fraction of sp³-hybridized carbons (Fsp3) is 0.480. The highest BCUT2D eigenvalue weighted by Gasteiger charge is 2.28. The molecule has 3 rings (SSSR count). The fourth-order valence-corrected chi connectivity index (χ4v) is 5.65. The van der Waals surface area contributed by atoms with E-state index in [9.17, 15) is 13.2 Å². The highest BCUT2D eigenvalue weighted by molar-refractivity contribution is 7.98. The van der Waals surface area contributed by atoms with E-state index in [1.807, 2.05) is 37.4 Å². The Hall–Kier alpha value is -2.11. The molecular weight excluding hydrogens is 486 g/mol. The normalized spacial score (nSPS) is 16.4. The van der Waals surface area contributed by atoms with E-state index >= 15 is 0 Å². The third-order valence-corrected chi connectivity index (χ3v) is 8.14. The molecule has 0 radical (unpaired) electrons. The van der Waals surface area contributed by atoms with Crippen LogP contribution in [0.3, 0.4) is 0 Å². The van der Waals surface area contributed by atoms with Gasteiger partial charge in [-0.1, -0.05) is 29.8 Å². The summed E-state index contributed by atoms with van der Waals surface area (Å²) in [5.41, 5.74) is 2.02. The summed E-state index contributed by atoms with van der Waals surface area (Å²) in [6.07, 6.45) is 2.32. The molecule has 10 heteroatoms. The van der Waals surface area contributed by atoms with Gasteiger partial charge in [0.05, 0.1) is 31.3 Å². The van der Waals surface area contributed by atoms with Crippen molar-refractivity contribution in [1.29, 1.82) is 0 Å². The number of nitrogens with one attached hydrogen (secondary N) is 2. The van der Waals surface area contributed by atoms with Crippen LogP contribution in [-0.2, 0) is 19.6 Å². The minimum absolute atomic E-state index is 0.0661. The van der Waals surface area contributed by atoms with E-state index in [2.05, 4.69) is 14.9 Å². The second kappa shape index (κ2) is 13.3. The van der Waals surface area contributed by atoms with Gasteiger partial charge in [0.1, 0.15) is 11.8 Å². The molecule has 0 spiro atoms. The highest BCUT2D eigenvalue weighted by atomic mass is 32.2. The van der Waals surface area contributed by atoms with E-state index in [1.54, 1.807) is 43.1 Å². The van der Waals surface area contributed by atoms with Crippen molar-refractivity contribution in [2.45, 2.75) is 30.3 Å². The van der Waals surface area contributed by atoms with Gasteiger partial charge in [0.15, 0.2) is 0 Å². The quantitative estimate of drug-likeness (QED) is 0.443. The van der Waals surface area contributed by atoms with Crippen molar-refractivity contribution in [2.75, 3.05) is 52.0 Å². The first kappa shape index (κ1) is 27.5. The van der Waals surface area contributed by atoms with Crippen molar-refractivity contribution in [2.24, 2.45) is 0 Å². The van der Waals surface area contributed by atoms with Gasteiger partial charge in [-0.2, -0.15) is 16.5 Å². The third-order valence-electron chi connectivity index (χ3n) is 6.01. The number of hydrogen-bond donors (Lipinski definition) is 2. The van der Waals surface area contributed by atoms with E-state index in [0.29, 0.717) is 31.9 Å². The number of amides is 1. The van der Waals surface area contributed by atoms with Crippen LogP contribution in [0.2, 0.25) is 0 Å². The van der Waals surface area contributed by atoms with Crippen LogP contribution in [0.25, 0.3) is 0 Å². The van der Waals surface area contributed by atoms with Crippen molar-refractivity contribution < 1.29 is 22.7 Å². The maximum absolute atomic E-state index is 13.2. The molecule has 0 bridgehead atoms. The zero-order valence-electron chi connectivity index (χ0n) is 20.5. The van der Waals surface area contributed by atoms with Crippen LogP contribution in [0.4, 0.5) is 0 Å². The largest absolute Gasteiger partial charge is 0.497 e. The molecule has 1 amide bonds. The SMILES string of the molecule is COc1ccc(C(CNC(=O)C(CCSC)NS(=O)(=O)c2ccc(C)cc2)N2CCOCC2)cc1. The Kier molecular flexibility index (Phi) is 10.4. The predicted molar refractivity (Wildman–Crippen MR) is 139 cm³/mol. The molecule has 2 atom stereocenters. The third kappa shape index (κ3) is 7.94. The number of thioether (sulfide) groups is 1. The van der Waals surface area contributed by atoms with Crippen LogP contribution in [0, 0.1) is 6.92 Å². The molecule has 0 aliphatic carbocycles. The first-order chi connectivity index (χ1) is 16.8. The lowest BCUT2D eigenvalue weighted by Crippen LogP contribution is -2.50. The summed E-state index contributed by atoms with van der Waals surface area (Å²) in [5.74, 6) is 1.09. The number of ether oxygens (including phenoxy) is 2. The van der Waals surface area contributed by atoms with Gasteiger partial charge in [-0.25, -0.2) is 8.42 Å². The molecule has 1 aliphatic rings. The minimum atomic E-state index is -3.83. The molecular formula is C25H35N3O5S2. The summed E-state index contributed by atoms with van der Waals surface area (Å²) in [7, 11) is -2.21. The molecule has 1 aliphatic heterocycles. The van der Waals surface area contributed by atoms with Gasteiger partial charge >= 0.3 is 0 Å². The van der Waals surface area contributed by atoms with Gasteiger partial charge in [-0.05, 0) is 55.2 Å². The number of sulfonamides is 1. The van der Waals surface area contributed by atoms with E-state index in [0.717, 1.165) is 30.0 Å². The molecule has 2 N–H and O–H groups in total. The van der Waals surface area contributed by atoms with Crippen molar-refractivity contribution in [3.05, 3.63) is 59.7 Å². The number of carbonyl (C=O) groups excluding carboxylic acids is 1. The Labute approximate surface area is 212 Å². The maximum Gasteiger partial charge on any atom is 0.241 e. The molecule has 0 aromatic heterocycles. The van der Waals surface area contributed by atoms with Gasteiger partial charge in [0, 0.05) is 19.6 Å². The van der Waals surface area contributed by atoms with Crippen molar-refractivity contribution >= 4 is 27.7 Å². The van der Waals surface area contributed by atoms with Crippen LogP contribution in [-0.4, -0.2) is 77.2 Å². The van der Waals surface area contributed by atoms with E-state index in [-0.39, 0.29) is 16.8 Å². The van der Waals surface area contributed by atoms with Crippen molar-refractivity contribution in [3.63, 3.8) is 0 Å². The number of carbonyl (C=O) groups is 1. The fourth-order valence-electron chi connectivity index (χ4n) is 3.95. The zero-order chi connectivity index (χ0) is 25.3. The highest BCUT2D eigenvalue weighted by Crippen LogP contribution is 2.24. The van der Waals surface area contributed by atoms with Crippen molar-refractivity contribution in [1.82, 2.24) is 14.9 Å². The van der Waals surface area contributed by atoms with Crippen LogP contribution in [0.1, 0.15) is 23.6 Å². The lowest BCUT2D eigenvalue weighted by molar-refractivity contribution is -0.123. The maximum atomic E-state index is 13.2. The number of rotatable bonds is 12. The van der Waals surface area contributed by atoms with Crippen LogP contribution in [0.15, 0.2) is 53.4 Å². The Balaban J connectivity index is 1.74. The summed E-state index contributed by atoms with van der Waals surface area (Å²) in [6, 6.07) is 13.5. The average Bonchev–Trinajstić information content (AvgIpc) is 2.87. The summed E-state index contributed by atoms with van der Waals surface area (Å²) in [4.78, 5) is 15.6. The van der Waals surface area contributed by atoms with Gasteiger partial charge < -0.3 is 14.8 Å². The van der Waals surface area contributed by atoms with Crippen molar-refractivity contribution in [3.8, 4) is 5.75 Å². The minimum Gasteiger partial charge on any atom is -0.497 e. The van der Waals surface area contributed by atoms with Gasteiger partial charge in [-0.15, -0.1) is 0 Å². The zero-order valence-corrected chi connectivity index (χ0v) is 22.2. The molecule has 35 heavy (non-hydrogen) atoms. The lowest BCUT2D eigenvalue weighted by Gasteiger charge is -2.35. The van der Waals surface area contributed by atoms with Gasteiger partial charge in [0.2, 0.25) is 15.9 Å². The average molecular weight is 522 g/mol. The Morgan fingerprint density at radius 3 is 2.37 bits per heavy atom. The Morgan fingerprint density at radius 1 is 1.11 bits per heavy atom. The first-order valence-corrected chi connectivity index (χ1v) is 14.5. The van der Waals surface area contributed by atoms with Gasteiger partial charge in [0.25, 0.3) is 0 Å². The molecule has 1 heterocycles. The molecule has 0 saturated carbocycles. The summed E-state index contributed by atoms with van der Waals surface area (Å²) < 4.78 is 39.3. The summed E-state index contributed by atoms with van der Waals surface area (Å²) in [5, 5.41) is 3.01. The number of aryl methyl sites for hydroxylation is 1. The number of morpholine rings is 1. The Morgan fingerprint density at radius 2 is 1.77 bits per heavy atom. The van der Waals surface area contributed by atoms with E-state index < -0.39 is 16.1 Å². The molecule has 192 valence electrons. The standard InChI is InChI=1S/C25H35N3O5S2/c1-19-4-10-22(11-5-19)35(30,31)27-23(12-17-34-3)25(29)26-18-24(28-13-15-33-16-14-28)20-6-8-21(32-2)9-7-20/h4-11,23-24,27H,12-18H2,1-3H3,(H,26,29). The summed E-state index contributed by atoms with van der Waals surface area (Å²) in [6.45, 7) is 5.02. The second-order valence-corrected chi connectivity index (χ2v) is 11.2. The molecule has 1 fully saturated rings. The molecule has 8 nitrogen and oxygen atoms in total. The topological polar surface area (TPSA) is 97.0 Å². The monoisotopic (exact) mass is 521 g/mol. The summed E-state index contributed by atoms with van der Waals surface area (Å²) >= 11 is 1.57. The predicted octanol–water partition coefficient (Wildman–Crippen LogP) is 2.59. The van der Waals surface area contributed by atoms with Crippen LogP contribution >= 0.6 is 11.8 Å². The lowest BCUT2D eigenvalue weighted by atomic mass is 10.0. The van der Waals surface area contributed by atoms with Gasteiger partial charge in [-0.3, -0.25) is 9.69 Å². The van der Waals surface area contributed by atoms with E-state index in [4.69, 9.17) is 9.47 Å². The number of hydrogen-bond acceptors (Lipinski definition) is 7. The number of benzene rings is 2. The van der Waals surface area contributed by atoms with E-state index in [1.165, 1.54) is 0 Å². The molecule has 2 aromatic carbocycles. The molecule has 2 unspecified atom stereocenters. The first-order valence-electron chi connectivity index (χ1n) is 11.7. The van der Waals surface area contributed by atoms with Crippen LogP contribution < -0.4 is 14.8 Å². The smallest absolute Gasteiger partial charge is 0.241 e. The Bertz CT molecular complexity index is 1040.